The zero-order chi connectivity index (χ0) is 15.1. The minimum absolute atomic E-state index is 0.130. The molecular formula is C16H21NO4. The fourth-order valence-electron chi connectivity index (χ4n) is 2.52. The van der Waals surface area contributed by atoms with Crippen molar-refractivity contribution in [2.45, 2.75) is 38.2 Å². The van der Waals surface area contributed by atoms with E-state index in [4.69, 9.17) is 9.84 Å². The fraction of sp³-hybridized carbons (Fsp3) is 0.500. The Morgan fingerprint density at radius 2 is 2.00 bits per heavy atom. The van der Waals surface area contributed by atoms with Crippen molar-refractivity contribution in [2.75, 3.05) is 18.1 Å². The van der Waals surface area contributed by atoms with Gasteiger partial charge in [0.15, 0.2) is 0 Å². The maximum atomic E-state index is 12.3. The lowest BCUT2D eigenvalue weighted by atomic mass is 10.0. The van der Waals surface area contributed by atoms with E-state index in [1.54, 1.807) is 24.3 Å². The number of aliphatic carboxylic acids is 1. The highest BCUT2D eigenvalue weighted by Crippen LogP contribution is 2.19. The maximum absolute atomic E-state index is 12.3. The van der Waals surface area contributed by atoms with E-state index in [1.807, 2.05) is 6.07 Å². The van der Waals surface area contributed by atoms with Crippen molar-refractivity contribution >= 4 is 17.6 Å². The molecule has 5 heteroatoms. The number of hydrogen-bond acceptors (Lipinski definition) is 3. The van der Waals surface area contributed by atoms with Gasteiger partial charge in [0.25, 0.3) is 0 Å². The molecule has 2 rings (SSSR count). The molecule has 0 bridgehead atoms. The molecule has 1 aromatic carbocycles. The molecule has 1 saturated heterocycles. The molecule has 1 heterocycles. The number of carboxylic acids is 1. The third kappa shape index (κ3) is 4.86. The van der Waals surface area contributed by atoms with Crippen molar-refractivity contribution in [3.05, 3.63) is 30.3 Å². The van der Waals surface area contributed by atoms with Crippen LogP contribution >= 0.6 is 0 Å². The smallest absolute Gasteiger partial charge is 0.323 e. The van der Waals surface area contributed by atoms with Crippen LogP contribution in [0.5, 0.6) is 0 Å². The quantitative estimate of drug-likeness (QED) is 0.874. The molecule has 1 aliphatic heterocycles. The van der Waals surface area contributed by atoms with Gasteiger partial charge in [-0.25, -0.2) is 0 Å². The number of amides is 1. The van der Waals surface area contributed by atoms with E-state index in [9.17, 15) is 9.59 Å². The molecule has 1 fully saturated rings. The molecule has 1 N–H and O–H groups in total. The average molecular weight is 291 g/mol. The summed E-state index contributed by atoms with van der Waals surface area (Å²) in [7, 11) is 0. The Hall–Kier alpha value is -1.88. The summed E-state index contributed by atoms with van der Waals surface area (Å²) >= 11 is 0. The lowest BCUT2D eigenvalue weighted by molar-refractivity contribution is -0.136. The summed E-state index contributed by atoms with van der Waals surface area (Å²) < 4.78 is 5.61. The van der Waals surface area contributed by atoms with Gasteiger partial charge < -0.3 is 14.7 Å². The number of carbonyl (C=O) groups is 2. The Labute approximate surface area is 124 Å². The first kappa shape index (κ1) is 15.5. The summed E-state index contributed by atoms with van der Waals surface area (Å²) in [5.74, 6) is -1.18. The number of carbonyl (C=O) groups excluding carboxylic acids is 1. The topological polar surface area (TPSA) is 66.8 Å². The molecule has 0 radical (unpaired) electrons. The molecule has 5 nitrogen and oxygen atoms in total. The number of anilines is 1. The van der Waals surface area contributed by atoms with Crippen molar-refractivity contribution in [1.29, 1.82) is 0 Å². The van der Waals surface area contributed by atoms with E-state index in [1.165, 1.54) is 4.90 Å². The van der Waals surface area contributed by atoms with Crippen LogP contribution in [0.15, 0.2) is 30.3 Å². The summed E-state index contributed by atoms with van der Waals surface area (Å²) in [5, 5.41) is 8.99. The molecule has 0 saturated carbocycles. The first-order valence-electron chi connectivity index (χ1n) is 7.35. The van der Waals surface area contributed by atoms with Gasteiger partial charge >= 0.3 is 5.97 Å². The second kappa shape index (κ2) is 7.78. The number of para-hydroxylation sites is 1. The summed E-state index contributed by atoms with van der Waals surface area (Å²) in [5.41, 5.74) is 0.620. The highest BCUT2D eigenvalue weighted by molar-refractivity contribution is 5.97. The van der Waals surface area contributed by atoms with Gasteiger partial charge in [-0.3, -0.25) is 9.59 Å². The summed E-state index contributed by atoms with van der Waals surface area (Å²) in [4.78, 5) is 24.6. The van der Waals surface area contributed by atoms with Crippen molar-refractivity contribution in [3.63, 3.8) is 0 Å². The monoisotopic (exact) mass is 291 g/mol. The predicted octanol–water partition coefficient (Wildman–Crippen LogP) is 2.45. The van der Waals surface area contributed by atoms with Crippen LogP contribution < -0.4 is 4.90 Å². The molecule has 0 spiro atoms. The van der Waals surface area contributed by atoms with E-state index in [-0.39, 0.29) is 18.6 Å². The standard InChI is InChI=1S/C16H21NO4/c18-15(10-9-14-8-4-5-11-21-14)17(12-16(19)20)13-6-2-1-3-7-13/h1-3,6-7,14H,4-5,8-12H2,(H,19,20). The molecule has 114 valence electrons. The molecule has 0 aliphatic carbocycles. The molecular weight excluding hydrogens is 270 g/mol. The lowest BCUT2D eigenvalue weighted by Crippen LogP contribution is -2.36. The van der Waals surface area contributed by atoms with E-state index in [0.717, 1.165) is 25.9 Å². The molecule has 1 amide bonds. The Balaban J connectivity index is 1.95. The molecule has 1 aliphatic rings. The third-order valence-corrected chi connectivity index (χ3v) is 3.62. The Bertz CT molecular complexity index is 468. The van der Waals surface area contributed by atoms with Gasteiger partial charge in [-0.15, -0.1) is 0 Å². The van der Waals surface area contributed by atoms with E-state index < -0.39 is 5.97 Å². The molecule has 1 unspecified atom stereocenters. The SMILES string of the molecule is O=C(O)CN(C(=O)CCC1CCCCO1)c1ccccc1. The molecule has 21 heavy (non-hydrogen) atoms. The zero-order valence-electron chi connectivity index (χ0n) is 12.0. The van der Waals surface area contributed by atoms with Gasteiger partial charge in [0.1, 0.15) is 6.54 Å². The van der Waals surface area contributed by atoms with Crippen LogP contribution in [-0.4, -0.2) is 36.2 Å². The van der Waals surface area contributed by atoms with E-state index in [0.29, 0.717) is 18.5 Å². The Morgan fingerprint density at radius 3 is 2.62 bits per heavy atom. The normalized spacial score (nSPS) is 18.2. The first-order valence-corrected chi connectivity index (χ1v) is 7.35. The average Bonchev–Trinajstić information content (AvgIpc) is 2.52. The van der Waals surface area contributed by atoms with Gasteiger partial charge in [0.05, 0.1) is 6.10 Å². The van der Waals surface area contributed by atoms with Crippen molar-refractivity contribution in [3.8, 4) is 0 Å². The number of benzene rings is 1. The zero-order valence-corrected chi connectivity index (χ0v) is 12.0. The number of carboxylic acid groups (broad SMARTS) is 1. The van der Waals surface area contributed by atoms with Gasteiger partial charge in [0, 0.05) is 18.7 Å². The first-order chi connectivity index (χ1) is 10.2. The number of hydrogen-bond donors (Lipinski definition) is 1. The molecule has 0 aromatic heterocycles. The number of nitrogens with zero attached hydrogens (tertiary/aromatic N) is 1. The van der Waals surface area contributed by atoms with Crippen molar-refractivity contribution in [2.24, 2.45) is 0 Å². The van der Waals surface area contributed by atoms with Crippen LogP contribution in [0.1, 0.15) is 32.1 Å². The van der Waals surface area contributed by atoms with Crippen LogP contribution in [0.25, 0.3) is 0 Å². The maximum Gasteiger partial charge on any atom is 0.323 e. The number of ether oxygens (including phenoxy) is 1. The molecule has 1 aromatic rings. The van der Waals surface area contributed by atoms with Crippen LogP contribution in [0, 0.1) is 0 Å². The second-order valence-electron chi connectivity index (χ2n) is 5.24. The predicted molar refractivity (Wildman–Crippen MR) is 79.3 cm³/mol. The minimum atomic E-state index is -1.01. The Morgan fingerprint density at radius 1 is 1.24 bits per heavy atom. The highest BCUT2D eigenvalue weighted by Gasteiger charge is 2.21. The Kier molecular flexibility index (Phi) is 5.75. The largest absolute Gasteiger partial charge is 0.480 e. The van der Waals surface area contributed by atoms with Gasteiger partial charge in [-0.2, -0.15) is 0 Å². The van der Waals surface area contributed by atoms with Crippen LogP contribution in [0.3, 0.4) is 0 Å². The highest BCUT2D eigenvalue weighted by atomic mass is 16.5. The second-order valence-corrected chi connectivity index (χ2v) is 5.24. The van der Waals surface area contributed by atoms with Crippen LogP contribution in [0.2, 0.25) is 0 Å². The van der Waals surface area contributed by atoms with Crippen LogP contribution in [0.4, 0.5) is 5.69 Å². The molecule has 1 atom stereocenters. The van der Waals surface area contributed by atoms with Crippen molar-refractivity contribution in [1.82, 2.24) is 0 Å². The number of rotatable bonds is 6. The van der Waals surface area contributed by atoms with E-state index in [2.05, 4.69) is 0 Å². The van der Waals surface area contributed by atoms with E-state index >= 15 is 0 Å². The van der Waals surface area contributed by atoms with Crippen molar-refractivity contribution < 1.29 is 19.4 Å². The fourth-order valence-corrected chi connectivity index (χ4v) is 2.52. The summed E-state index contributed by atoms with van der Waals surface area (Å²) in [6, 6.07) is 8.92. The summed E-state index contributed by atoms with van der Waals surface area (Å²) in [6.45, 7) is 0.449. The van der Waals surface area contributed by atoms with Crippen LogP contribution in [-0.2, 0) is 14.3 Å². The summed E-state index contributed by atoms with van der Waals surface area (Å²) in [6.07, 6.45) is 4.30. The van der Waals surface area contributed by atoms with Gasteiger partial charge in [-0.1, -0.05) is 18.2 Å². The van der Waals surface area contributed by atoms with Gasteiger partial charge in [-0.05, 0) is 37.8 Å². The third-order valence-electron chi connectivity index (χ3n) is 3.62. The van der Waals surface area contributed by atoms with Gasteiger partial charge in [0.2, 0.25) is 5.91 Å². The lowest BCUT2D eigenvalue weighted by Gasteiger charge is -2.25. The minimum Gasteiger partial charge on any atom is -0.480 e.